The lowest BCUT2D eigenvalue weighted by Crippen LogP contribution is -2.37. The van der Waals surface area contributed by atoms with Crippen molar-refractivity contribution in [2.45, 2.75) is 168 Å². The average Bonchev–Trinajstić information content (AvgIpc) is 2.99. The zero-order valence-electron chi connectivity index (χ0n) is 30.8. The number of nitrogens with zero attached hydrogens (tertiary/aromatic N) is 1. The van der Waals surface area contributed by atoms with E-state index in [4.69, 9.17) is 18.5 Å². The number of rotatable bonds is 34. The first-order chi connectivity index (χ1) is 22.3. The number of ketones is 1. The molecule has 0 heterocycles. The number of unbranched alkanes of at least 4 members (excludes halogenated alkanes) is 18. The molecule has 0 fully saturated rings. The minimum Gasteiger partial charge on any atom is -0.462 e. The van der Waals surface area contributed by atoms with Crippen molar-refractivity contribution in [2.75, 3.05) is 47.5 Å². The van der Waals surface area contributed by atoms with E-state index in [-0.39, 0.29) is 31.8 Å². The summed E-state index contributed by atoms with van der Waals surface area (Å²) in [6.45, 7) is 3.67. The molecule has 0 saturated heterocycles. The second kappa shape index (κ2) is 29.6. The molecule has 278 valence electrons. The number of quaternary nitrogens is 1. The van der Waals surface area contributed by atoms with Crippen molar-refractivity contribution in [3.05, 3.63) is 0 Å². The lowest BCUT2D eigenvalue weighted by Gasteiger charge is -2.24. The van der Waals surface area contributed by atoms with Gasteiger partial charge >= 0.3 is 19.8 Å². The molecule has 1 N–H and O–H groups in total. The minimum absolute atomic E-state index is 0.0163. The Labute approximate surface area is 287 Å². The van der Waals surface area contributed by atoms with E-state index in [0.29, 0.717) is 23.9 Å². The highest BCUT2D eigenvalue weighted by molar-refractivity contribution is 7.47. The van der Waals surface area contributed by atoms with Crippen molar-refractivity contribution < 1.29 is 46.8 Å². The predicted molar refractivity (Wildman–Crippen MR) is 188 cm³/mol. The van der Waals surface area contributed by atoms with Crippen LogP contribution >= 0.6 is 7.82 Å². The summed E-state index contributed by atoms with van der Waals surface area (Å²) in [5.41, 5.74) is 0. The Kier molecular flexibility index (Phi) is 28.8. The number of phosphoric acid groups is 1. The molecule has 11 heteroatoms. The van der Waals surface area contributed by atoms with Crippen LogP contribution < -0.4 is 0 Å². The maximum absolute atomic E-state index is 12.5. The minimum atomic E-state index is -4.38. The number of phosphoric ester groups is 1. The normalized spacial score (nSPS) is 13.7. The zero-order chi connectivity index (χ0) is 35.2. The second-order valence-corrected chi connectivity index (χ2v) is 15.5. The van der Waals surface area contributed by atoms with E-state index in [1.807, 2.05) is 21.1 Å². The molecule has 0 aliphatic carbocycles. The van der Waals surface area contributed by atoms with Gasteiger partial charge in [-0.3, -0.25) is 18.6 Å². The van der Waals surface area contributed by atoms with Crippen molar-refractivity contribution in [3.8, 4) is 0 Å². The summed E-state index contributed by atoms with van der Waals surface area (Å²) in [4.78, 5) is 46.0. The molecular weight excluding hydrogens is 621 g/mol. The van der Waals surface area contributed by atoms with Crippen molar-refractivity contribution in [1.82, 2.24) is 0 Å². The number of likely N-dealkylation sites (N-methyl/N-ethyl adjacent to an activating group) is 1. The number of hydrogen-bond acceptors (Lipinski definition) is 8. The molecule has 2 atom stereocenters. The Morgan fingerprint density at radius 3 is 1.49 bits per heavy atom. The molecule has 0 aliphatic heterocycles. The van der Waals surface area contributed by atoms with Crippen LogP contribution in [-0.2, 0) is 37.5 Å². The van der Waals surface area contributed by atoms with Gasteiger partial charge in [0.25, 0.3) is 0 Å². The van der Waals surface area contributed by atoms with Crippen LogP contribution in [0.1, 0.15) is 162 Å². The molecule has 47 heavy (non-hydrogen) atoms. The number of hydrogen-bond donors (Lipinski definition) is 1. The van der Waals surface area contributed by atoms with Crippen LogP contribution in [0.3, 0.4) is 0 Å². The molecule has 0 saturated carbocycles. The number of Topliss-reactive ketones (excluding diaryl/α,β-unsaturated/α-hetero) is 1. The van der Waals surface area contributed by atoms with Gasteiger partial charge in [0.05, 0.1) is 27.7 Å². The summed E-state index contributed by atoms with van der Waals surface area (Å²) in [5, 5.41) is 0. The Morgan fingerprint density at radius 2 is 1.04 bits per heavy atom. The standard InChI is InChI=1S/C36H70NO9P/c1-6-7-8-9-10-11-12-13-14-15-16-17-18-21-24-27-35(39)43-31-34(32-45-47(41,42)44-30-29-37(3,4)5)46-36(40)28-25-22-19-20-23-26-33(2)38/h34H,6-32H2,1-5H3/p+1/t34-/m1/s1. The summed E-state index contributed by atoms with van der Waals surface area (Å²) in [6, 6.07) is 0. The van der Waals surface area contributed by atoms with Crippen LogP contribution in [0.25, 0.3) is 0 Å². The third-order valence-electron chi connectivity index (χ3n) is 8.06. The highest BCUT2D eigenvalue weighted by Gasteiger charge is 2.27. The van der Waals surface area contributed by atoms with E-state index in [0.717, 1.165) is 44.9 Å². The monoisotopic (exact) mass is 692 g/mol. The molecule has 0 rings (SSSR count). The van der Waals surface area contributed by atoms with Gasteiger partial charge in [-0.05, 0) is 26.2 Å². The fourth-order valence-corrected chi connectivity index (χ4v) is 5.82. The largest absolute Gasteiger partial charge is 0.472 e. The molecule has 10 nitrogen and oxygen atoms in total. The van der Waals surface area contributed by atoms with Crippen LogP contribution in [-0.4, -0.2) is 80.7 Å². The molecule has 1 unspecified atom stereocenters. The van der Waals surface area contributed by atoms with Gasteiger partial charge < -0.3 is 23.6 Å². The number of ether oxygens (including phenoxy) is 2. The van der Waals surface area contributed by atoms with Gasteiger partial charge in [-0.25, -0.2) is 4.57 Å². The fourth-order valence-electron chi connectivity index (χ4n) is 5.08. The molecule has 0 bridgehead atoms. The van der Waals surface area contributed by atoms with Crippen LogP contribution in [0, 0.1) is 0 Å². The first-order valence-corrected chi connectivity index (χ1v) is 20.1. The van der Waals surface area contributed by atoms with Gasteiger partial charge in [-0.2, -0.15) is 0 Å². The van der Waals surface area contributed by atoms with E-state index in [2.05, 4.69) is 6.92 Å². The molecule has 0 aromatic rings. The van der Waals surface area contributed by atoms with Crippen LogP contribution in [0.15, 0.2) is 0 Å². The highest BCUT2D eigenvalue weighted by atomic mass is 31.2. The third kappa shape index (κ3) is 34.3. The molecule has 0 aromatic heterocycles. The average molecular weight is 693 g/mol. The Bertz CT molecular complexity index is 847. The van der Waals surface area contributed by atoms with Gasteiger partial charge in [0.2, 0.25) is 0 Å². The number of esters is 2. The highest BCUT2D eigenvalue weighted by Crippen LogP contribution is 2.43. The van der Waals surface area contributed by atoms with E-state index in [9.17, 15) is 23.8 Å². The summed E-state index contributed by atoms with van der Waals surface area (Å²) >= 11 is 0. The van der Waals surface area contributed by atoms with Crippen molar-refractivity contribution in [1.29, 1.82) is 0 Å². The lowest BCUT2D eigenvalue weighted by molar-refractivity contribution is -0.870. The van der Waals surface area contributed by atoms with E-state index >= 15 is 0 Å². The SMILES string of the molecule is CCCCCCCCCCCCCCCCCC(=O)OC[C@H](COP(=O)(O)OCC[N+](C)(C)C)OC(=O)CCCCCCCC(C)=O. The smallest absolute Gasteiger partial charge is 0.462 e. The van der Waals surface area contributed by atoms with E-state index < -0.39 is 32.5 Å². The topological polar surface area (TPSA) is 125 Å². The first kappa shape index (κ1) is 45.7. The molecule has 0 spiro atoms. The summed E-state index contributed by atoms with van der Waals surface area (Å²) in [7, 11) is 1.42. The van der Waals surface area contributed by atoms with Crippen molar-refractivity contribution in [3.63, 3.8) is 0 Å². The second-order valence-electron chi connectivity index (χ2n) is 14.1. The molecule has 0 radical (unpaired) electrons. The maximum atomic E-state index is 12.5. The van der Waals surface area contributed by atoms with Crippen LogP contribution in [0.2, 0.25) is 0 Å². The quantitative estimate of drug-likeness (QED) is 0.0305. The van der Waals surface area contributed by atoms with Crippen LogP contribution in [0.4, 0.5) is 0 Å². The lowest BCUT2D eigenvalue weighted by atomic mass is 10.0. The Morgan fingerprint density at radius 1 is 0.617 bits per heavy atom. The van der Waals surface area contributed by atoms with Crippen molar-refractivity contribution >= 4 is 25.5 Å². The first-order valence-electron chi connectivity index (χ1n) is 18.6. The van der Waals surface area contributed by atoms with E-state index in [1.54, 1.807) is 6.92 Å². The maximum Gasteiger partial charge on any atom is 0.472 e. The molecule has 0 aliphatic rings. The van der Waals surface area contributed by atoms with E-state index in [1.165, 1.54) is 77.0 Å². The van der Waals surface area contributed by atoms with Gasteiger partial charge in [0.1, 0.15) is 25.5 Å². The number of carbonyl (C=O) groups is 3. The summed E-state index contributed by atoms with van der Waals surface area (Å²) in [5.74, 6) is -0.694. The van der Waals surface area contributed by atoms with Gasteiger partial charge in [-0.15, -0.1) is 0 Å². The summed E-state index contributed by atoms with van der Waals surface area (Å²) in [6.07, 6.45) is 22.8. The molecule has 0 aromatic carbocycles. The molecule has 0 amide bonds. The Hall–Kier alpha value is -1.32. The van der Waals surface area contributed by atoms with Gasteiger partial charge in [0, 0.05) is 19.3 Å². The van der Waals surface area contributed by atoms with Crippen LogP contribution in [0.5, 0.6) is 0 Å². The summed E-state index contributed by atoms with van der Waals surface area (Å²) < 4.78 is 33.9. The van der Waals surface area contributed by atoms with Gasteiger partial charge in [-0.1, -0.05) is 116 Å². The zero-order valence-corrected chi connectivity index (χ0v) is 31.7. The predicted octanol–water partition coefficient (Wildman–Crippen LogP) is 8.86. The van der Waals surface area contributed by atoms with Crippen molar-refractivity contribution in [2.24, 2.45) is 0 Å². The number of carbonyl (C=O) groups excluding carboxylic acids is 3. The third-order valence-corrected chi connectivity index (χ3v) is 9.05. The molecular formula is C36H71NO9P+. The fraction of sp³-hybridized carbons (Fsp3) is 0.917. The Balaban J connectivity index is 4.34. The van der Waals surface area contributed by atoms with Gasteiger partial charge in [0.15, 0.2) is 6.10 Å².